The van der Waals surface area contributed by atoms with Gasteiger partial charge in [0, 0.05) is 10.5 Å². The molecule has 0 saturated heterocycles. The van der Waals surface area contributed by atoms with E-state index in [2.05, 4.69) is 21.1 Å². The van der Waals surface area contributed by atoms with Crippen molar-refractivity contribution in [1.82, 2.24) is 5.16 Å². The van der Waals surface area contributed by atoms with Gasteiger partial charge >= 0.3 is 0 Å². The van der Waals surface area contributed by atoms with Gasteiger partial charge in [0.2, 0.25) is 5.76 Å². The third kappa shape index (κ3) is 2.88. The lowest BCUT2D eigenvalue weighted by atomic mass is 10.3. The maximum atomic E-state index is 5.62. The van der Waals surface area contributed by atoms with Gasteiger partial charge < -0.3 is 13.7 Å². The van der Waals surface area contributed by atoms with Gasteiger partial charge in [-0.25, -0.2) is 0 Å². The summed E-state index contributed by atoms with van der Waals surface area (Å²) in [5, 5.41) is 3.94. The van der Waals surface area contributed by atoms with Crippen molar-refractivity contribution >= 4 is 15.9 Å². The van der Waals surface area contributed by atoms with E-state index < -0.39 is 0 Å². The number of nitrogens with zero attached hydrogens (tertiary/aromatic N) is 1. The molecule has 3 aromatic rings. The van der Waals surface area contributed by atoms with Crippen molar-refractivity contribution in [1.29, 1.82) is 0 Å². The molecule has 2 aromatic heterocycles. The molecule has 5 heteroatoms. The molecular weight excluding hydrogens is 310 g/mol. The van der Waals surface area contributed by atoms with Crippen LogP contribution < -0.4 is 4.74 Å². The quantitative estimate of drug-likeness (QED) is 0.720. The Balaban J connectivity index is 1.68. The number of aromatic nitrogens is 1. The molecule has 0 aliphatic rings. The van der Waals surface area contributed by atoms with E-state index >= 15 is 0 Å². The van der Waals surface area contributed by atoms with E-state index in [0.717, 1.165) is 10.2 Å². The highest BCUT2D eigenvalue weighted by atomic mass is 79.9. The largest absolute Gasteiger partial charge is 0.487 e. The monoisotopic (exact) mass is 319 g/mol. The second kappa shape index (κ2) is 5.32. The van der Waals surface area contributed by atoms with Crippen LogP contribution in [-0.2, 0) is 6.61 Å². The Hall–Kier alpha value is -2.01. The van der Waals surface area contributed by atoms with Crippen molar-refractivity contribution in [2.45, 2.75) is 6.61 Å². The van der Waals surface area contributed by atoms with Crippen molar-refractivity contribution in [2.24, 2.45) is 0 Å². The van der Waals surface area contributed by atoms with Gasteiger partial charge in [-0.05, 0) is 30.3 Å². The van der Waals surface area contributed by atoms with Crippen molar-refractivity contribution in [3.8, 4) is 17.3 Å². The fraction of sp³-hybridized carbons (Fsp3) is 0.0714. The first-order valence-corrected chi connectivity index (χ1v) is 6.48. The summed E-state index contributed by atoms with van der Waals surface area (Å²) >= 11 is 3.39. The Bertz CT molecular complexity index is 661. The molecule has 0 unspecified atom stereocenters. The lowest BCUT2D eigenvalue weighted by Crippen LogP contribution is -1.94. The maximum absolute atomic E-state index is 5.62. The summed E-state index contributed by atoms with van der Waals surface area (Å²) in [5.74, 6) is 2.02. The molecule has 0 radical (unpaired) electrons. The van der Waals surface area contributed by atoms with Gasteiger partial charge in [-0.1, -0.05) is 27.2 Å². The van der Waals surface area contributed by atoms with Crippen LogP contribution in [0.5, 0.6) is 5.75 Å². The van der Waals surface area contributed by atoms with Crippen LogP contribution in [0, 0.1) is 0 Å². The summed E-state index contributed by atoms with van der Waals surface area (Å²) in [6.45, 7) is 0.348. The lowest BCUT2D eigenvalue weighted by molar-refractivity contribution is 0.289. The van der Waals surface area contributed by atoms with Gasteiger partial charge in [-0.3, -0.25) is 0 Å². The van der Waals surface area contributed by atoms with Crippen LogP contribution in [0.3, 0.4) is 0 Å². The SMILES string of the molecule is Brc1cccc(OCc2cc(-c3ccco3)on2)c1. The van der Waals surface area contributed by atoms with Gasteiger partial charge in [0.15, 0.2) is 5.76 Å². The summed E-state index contributed by atoms with van der Waals surface area (Å²) in [6.07, 6.45) is 1.59. The maximum Gasteiger partial charge on any atom is 0.202 e. The van der Waals surface area contributed by atoms with Crippen molar-refractivity contribution < 1.29 is 13.7 Å². The van der Waals surface area contributed by atoms with Crippen molar-refractivity contribution in [3.05, 3.63) is 58.9 Å². The average Bonchev–Trinajstić information content (AvgIpc) is 3.07. The number of halogens is 1. The molecular formula is C14H10BrNO3. The molecule has 0 fully saturated rings. The standard InChI is InChI=1S/C14H10BrNO3/c15-10-3-1-4-12(7-10)18-9-11-8-14(19-16-11)13-5-2-6-17-13/h1-8H,9H2. The van der Waals surface area contributed by atoms with Crippen LogP contribution in [0.1, 0.15) is 5.69 Å². The van der Waals surface area contributed by atoms with Crippen molar-refractivity contribution in [2.75, 3.05) is 0 Å². The van der Waals surface area contributed by atoms with Gasteiger partial charge in [0.05, 0.1) is 6.26 Å². The Kier molecular flexibility index (Phi) is 3.37. The van der Waals surface area contributed by atoms with E-state index in [9.17, 15) is 0 Å². The zero-order chi connectivity index (χ0) is 13.1. The Morgan fingerprint density at radius 1 is 1.11 bits per heavy atom. The number of ether oxygens (including phenoxy) is 1. The predicted octanol–water partition coefficient (Wildman–Crippen LogP) is 4.28. The highest BCUT2D eigenvalue weighted by molar-refractivity contribution is 9.10. The molecule has 4 nitrogen and oxygen atoms in total. The molecule has 0 amide bonds. The van der Waals surface area contributed by atoms with E-state index in [1.807, 2.05) is 30.3 Å². The topological polar surface area (TPSA) is 48.4 Å². The summed E-state index contributed by atoms with van der Waals surface area (Å²) in [5.41, 5.74) is 0.714. The minimum Gasteiger partial charge on any atom is -0.487 e. The minimum absolute atomic E-state index is 0.348. The summed E-state index contributed by atoms with van der Waals surface area (Å²) in [7, 11) is 0. The molecule has 0 bridgehead atoms. The Morgan fingerprint density at radius 2 is 2.05 bits per heavy atom. The number of benzene rings is 1. The third-order valence-electron chi connectivity index (χ3n) is 2.51. The first kappa shape index (κ1) is 12.0. The number of furan rings is 1. The molecule has 0 aliphatic heterocycles. The molecule has 0 saturated carbocycles. The molecule has 0 N–H and O–H groups in total. The molecule has 0 spiro atoms. The molecule has 3 rings (SSSR count). The summed E-state index contributed by atoms with van der Waals surface area (Å²) in [4.78, 5) is 0. The van der Waals surface area contributed by atoms with Crippen LogP contribution in [-0.4, -0.2) is 5.16 Å². The lowest BCUT2D eigenvalue weighted by Gasteiger charge is -2.03. The zero-order valence-electron chi connectivity index (χ0n) is 9.88. The molecule has 19 heavy (non-hydrogen) atoms. The van der Waals surface area contributed by atoms with E-state index in [1.165, 1.54) is 0 Å². The summed E-state index contributed by atoms with van der Waals surface area (Å²) < 4.78 is 17.0. The normalized spacial score (nSPS) is 10.6. The summed E-state index contributed by atoms with van der Waals surface area (Å²) in [6, 6.07) is 13.1. The van der Waals surface area contributed by atoms with Crippen LogP contribution in [0.4, 0.5) is 0 Å². The Labute approximate surface area is 118 Å². The second-order valence-electron chi connectivity index (χ2n) is 3.91. The smallest absolute Gasteiger partial charge is 0.202 e. The van der Waals surface area contributed by atoms with E-state index in [4.69, 9.17) is 13.7 Å². The second-order valence-corrected chi connectivity index (χ2v) is 4.82. The molecule has 0 atom stereocenters. The van der Waals surface area contributed by atoms with Crippen LogP contribution in [0.2, 0.25) is 0 Å². The molecule has 1 aromatic carbocycles. The van der Waals surface area contributed by atoms with Gasteiger partial charge in [0.25, 0.3) is 0 Å². The van der Waals surface area contributed by atoms with Crippen LogP contribution in [0.15, 0.2) is 62.1 Å². The number of hydrogen-bond donors (Lipinski definition) is 0. The highest BCUT2D eigenvalue weighted by Crippen LogP contribution is 2.22. The van der Waals surface area contributed by atoms with Gasteiger partial charge in [-0.2, -0.15) is 0 Å². The third-order valence-corrected chi connectivity index (χ3v) is 3.00. The van der Waals surface area contributed by atoms with E-state index in [-0.39, 0.29) is 0 Å². The molecule has 2 heterocycles. The number of rotatable bonds is 4. The highest BCUT2D eigenvalue weighted by Gasteiger charge is 2.09. The zero-order valence-corrected chi connectivity index (χ0v) is 11.5. The fourth-order valence-electron chi connectivity index (χ4n) is 1.63. The molecule has 0 aliphatic carbocycles. The van der Waals surface area contributed by atoms with E-state index in [0.29, 0.717) is 23.8 Å². The van der Waals surface area contributed by atoms with Gasteiger partial charge in [0.1, 0.15) is 18.1 Å². The first-order chi connectivity index (χ1) is 9.31. The van der Waals surface area contributed by atoms with E-state index in [1.54, 1.807) is 18.4 Å². The van der Waals surface area contributed by atoms with Gasteiger partial charge in [-0.15, -0.1) is 0 Å². The van der Waals surface area contributed by atoms with Crippen LogP contribution >= 0.6 is 15.9 Å². The predicted molar refractivity (Wildman–Crippen MR) is 72.7 cm³/mol. The minimum atomic E-state index is 0.348. The van der Waals surface area contributed by atoms with Crippen LogP contribution in [0.25, 0.3) is 11.5 Å². The van der Waals surface area contributed by atoms with Crippen molar-refractivity contribution in [3.63, 3.8) is 0 Å². The average molecular weight is 320 g/mol. The first-order valence-electron chi connectivity index (χ1n) is 5.69. The number of hydrogen-bond acceptors (Lipinski definition) is 4. The molecule has 96 valence electrons. The fourth-order valence-corrected chi connectivity index (χ4v) is 2.01. The Morgan fingerprint density at radius 3 is 2.84 bits per heavy atom.